The fourth-order valence-electron chi connectivity index (χ4n) is 2.32. The first-order valence-electron chi connectivity index (χ1n) is 7.16. The van der Waals surface area contributed by atoms with E-state index >= 15 is 0 Å². The maximum atomic E-state index is 12.4. The number of anilines is 1. The topological polar surface area (TPSA) is 93.7 Å². The van der Waals surface area contributed by atoms with E-state index in [-0.39, 0.29) is 17.6 Å². The maximum absolute atomic E-state index is 12.4. The van der Waals surface area contributed by atoms with E-state index in [1.54, 1.807) is 37.3 Å². The van der Waals surface area contributed by atoms with Crippen LogP contribution in [0.2, 0.25) is 0 Å². The zero-order chi connectivity index (χ0) is 17.3. The second-order valence-corrected chi connectivity index (χ2v) is 7.06. The summed E-state index contributed by atoms with van der Waals surface area (Å²) in [6.07, 6.45) is 0. The van der Waals surface area contributed by atoms with E-state index in [2.05, 4.69) is 10.0 Å². The Morgan fingerprint density at radius 3 is 2.58 bits per heavy atom. The molecule has 0 radical (unpaired) electrons. The van der Waals surface area contributed by atoms with Gasteiger partial charge in [0.2, 0.25) is 16.8 Å². The quantitative estimate of drug-likeness (QED) is 0.880. The monoisotopic (exact) mass is 348 g/mol. The van der Waals surface area contributed by atoms with Crippen molar-refractivity contribution in [3.63, 3.8) is 0 Å². The molecule has 3 rings (SSSR count). The van der Waals surface area contributed by atoms with Gasteiger partial charge in [0.1, 0.15) is 0 Å². The van der Waals surface area contributed by atoms with Gasteiger partial charge in [-0.1, -0.05) is 6.07 Å². The van der Waals surface area contributed by atoms with E-state index in [4.69, 9.17) is 9.47 Å². The molecule has 7 nitrogen and oxygen atoms in total. The molecule has 0 fully saturated rings. The van der Waals surface area contributed by atoms with Gasteiger partial charge in [-0.25, -0.2) is 13.1 Å². The average Bonchev–Trinajstić information content (AvgIpc) is 3.04. The Morgan fingerprint density at radius 2 is 1.83 bits per heavy atom. The van der Waals surface area contributed by atoms with Gasteiger partial charge >= 0.3 is 0 Å². The summed E-state index contributed by atoms with van der Waals surface area (Å²) in [6, 6.07) is 9.56. The Morgan fingerprint density at radius 1 is 1.08 bits per heavy atom. The average molecular weight is 348 g/mol. The Balaban J connectivity index is 1.86. The molecule has 0 atom stereocenters. The molecule has 0 unspecified atom stereocenters. The predicted molar refractivity (Wildman–Crippen MR) is 87.9 cm³/mol. The lowest BCUT2D eigenvalue weighted by molar-refractivity contribution is 0.102. The Hall–Kier alpha value is -2.58. The first-order chi connectivity index (χ1) is 11.4. The number of hydrogen-bond donors (Lipinski definition) is 2. The van der Waals surface area contributed by atoms with Gasteiger partial charge in [-0.15, -0.1) is 0 Å². The number of hydrogen-bond acceptors (Lipinski definition) is 5. The number of carbonyl (C=O) groups is 1. The molecule has 0 aromatic heterocycles. The van der Waals surface area contributed by atoms with Crippen LogP contribution >= 0.6 is 0 Å². The third-order valence-electron chi connectivity index (χ3n) is 3.64. The summed E-state index contributed by atoms with van der Waals surface area (Å²) in [5.74, 6) is 0.722. The zero-order valence-corrected chi connectivity index (χ0v) is 13.9. The highest BCUT2D eigenvalue weighted by Crippen LogP contribution is 2.32. The third-order valence-corrected chi connectivity index (χ3v) is 5.20. The molecule has 8 heteroatoms. The summed E-state index contributed by atoms with van der Waals surface area (Å²) < 4.78 is 36.7. The molecular weight excluding hydrogens is 332 g/mol. The van der Waals surface area contributed by atoms with Crippen LogP contribution in [0.1, 0.15) is 15.9 Å². The van der Waals surface area contributed by atoms with Crippen molar-refractivity contribution in [1.29, 1.82) is 0 Å². The molecule has 0 saturated heterocycles. The number of carbonyl (C=O) groups excluding carboxylic acids is 1. The summed E-state index contributed by atoms with van der Waals surface area (Å²) in [6.45, 7) is 1.82. The molecule has 1 aliphatic heterocycles. The van der Waals surface area contributed by atoms with Crippen LogP contribution in [0.4, 0.5) is 5.69 Å². The van der Waals surface area contributed by atoms with Crippen LogP contribution in [0.5, 0.6) is 11.5 Å². The minimum atomic E-state index is -3.60. The number of aryl methyl sites for hydroxylation is 1. The summed E-state index contributed by atoms with van der Waals surface area (Å²) in [7, 11) is -2.26. The number of ether oxygens (including phenoxy) is 2. The Labute approximate surface area is 139 Å². The highest BCUT2D eigenvalue weighted by atomic mass is 32.2. The molecule has 1 amide bonds. The molecule has 0 saturated carbocycles. The standard InChI is InChI=1S/C16H16N2O5S/c1-10-3-5-12(8-15(10)24(20,21)17-2)18-16(19)11-4-6-13-14(7-11)23-9-22-13/h3-8,17H,9H2,1-2H3,(H,18,19). The predicted octanol–water partition coefficient (Wildman–Crippen LogP) is 1.88. The Bertz CT molecular complexity index is 909. The lowest BCUT2D eigenvalue weighted by Gasteiger charge is -2.10. The minimum Gasteiger partial charge on any atom is -0.454 e. The smallest absolute Gasteiger partial charge is 0.255 e. The first-order valence-corrected chi connectivity index (χ1v) is 8.64. The number of fused-ring (bicyclic) bond motifs is 1. The van der Waals surface area contributed by atoms with Crippen LogP contribution in [0, 0.1) is 6.92 Å². The van der Waals surface area contributed by atoms with E-state index in [9.17, 15) is 13.2 Å². The van der Waals surface area contributed by atoms with Gasteiger partial charge in [0, 0.05) is 11.3 Å². The molecule has 0 bridgehead atoms. The van der Waals surface area contributed by atoms with Crippen molar-refractivity contribution in [2.75, 3.05) is 19.2 Å². The van der Waals surface area contributed by atoms with Gasteiger partial charge in [0.25, 0.3) is 5.91 Å². The second-order valence-electron chi connectivity index (χ2n) is 5.21. The number of sulfonamides is 1. The van der Waals surface area contributed by atoms with Crippen molar-refractivity contribution in [2.24, 2.45) is 0 Å². The molecular formula is C16H16N2O5S. The van der Waals surface area contributed by atoms with Crippen LogP contribution in [-0.2, 0) is 10.0 Å². The van der Waals surface area contributed by atoms with E-state index in [0.29, 0.717) is 28.3 Å². The summed E-state index contributed by atoms with van der Waals surface area (Å²) in [5, 5.41) is 2.69. The maximum Gasteiger partial charge on any atom is 0.255 e. The highest BCUT2D eigenvalue weighted by Gasteiger charge is 2.18. The fraction of sp³-hybridized carbons (Fsp3) is 0.188. The van der Waals surface area contributed by atoms with Crippen LogP contribution in [0.15, 0.2) is 41.3 Å². The van der Waals surface area contributed by atoms with Crippen molar-refractivity contribution in [1.82, 2.24) is 4.72 Å². The Kier molecular flexibility index (Phi) is 4.16. The van der Waals surface area contributed by atoms with E-state index in [1.165, 1.54) is 13.1 Å². The molecule has 1 heterocycles. The van der Waals surface area contributed by atoms with Crippen molar-refractivity contribution in [3.05, 3.63) is 47.5 Å². The molecule has 126 valence electrons. The van der Waals surface area contributed by atoms with Gasteiger partial charge < -0.3 is 14.8 Å². The van der Waals surface area contributed by atoms with E-state index in [0.717, 1.165) is 0 Å². The summed E-state index contributed by atoms with van der Waals surface area (Å²) in [5.41, 5.74) is 1.36. The fourth-order valence-corrected chi connectivity index (χ4v) is 3.31. The second kappa shape index (κ2) is 6.14. The highest BCUT2D eigenvalue weighted by molar-refractivity contribution is 7.89. The van der Waals surface area contributed by atoms with Crippen molar-refractivity contribution in [3.8, 4) is 11.5 Å². The number of rotatable bonds is 4. The zero-order valence-electron chi connectivity index (χ0n) is 13.1. The van der Waals surface area contributed by atoms with Crippen molar-refractivity contribution >= 4 is 21.6 Å². The molecule has 24 heavy (non-hydrogen) atoms. The molecule has 2 aromatic carbocycles. The van der Waals surface area contributed by atoms with Gasteiger partial charge in [-0.3, -0.25) is 4.79 Å². The minimum absolute atomic E-state index is 0.119. The first kappa shape index (κ1) is 16.3. The van der Waals surface area contributed by atoms with Gasteiger partial charge in [-0.05, 0) is 49.9 Å². The normalized spacial score (nSPS) is 12.9. The van der Waals surface area contributed by atoms with Crippen molar-refractivity contribution in [2.45, 2.75) is 11.8 Å². The molecule has 0 spiro atoms. The lowest BCUT2D eigenvalue weighted by atomic mass is 10.1. The van der Waals surface area contributed by atoms with Crippen LogP contribution < -0.4 is 19.5 Å². The van der Waals surface area contributed by atoms with Crippen molar-refractivity contribution < 1.29 is 22.7 Å². The van der Waals surface area contributed by atoms with E-state index in [1.807, 2.05) is 0 Å². The summed E-state index contributed by atoms with van der Waals surface area (Å²) >= 11 is 0. The van der Waals surface area contributed by atoms with Gasteiger partial charge in [0.05, 0.1) is 4.90 Å². The molecule has 1 aliphatic rings. The molecule has 2 N–H and O–H groups in total. The van der Waals surface area contributed by atoms with Gasteiger partial charge in [0.15, 0.2) is 11.5 Å². The third kappa shape index (κ3) is 3.06. The summed E-state index contributed by atoms with van der Waals surface area (Å²) in [4.78, 5) is 12.5. The van der Waals surface area contributed by atoms with E-state index < -0.39 is 10.0 Å². The number of nitrogens with one attached hydrogen (secondary N) is 2. The molecule has 0 aliphatic carbocycles. The SMILES string of the molecule is CNS(=O)(=O)c1cc(NC(=O)c2ccc3c(c2)OCO3)ccc1C. The number of amides is 1. The van der Waals surface area contributed by atoms with Gasteiger partial charge in [-0.2, -0.15) is 0 Å². The largest absolute Gasteiger partial charge is 0.454 e. The lowest BCUT2D eigenvalue weighted by Crippen LogP contribution is -2.20. The van der Waals surface area contributed by atoms with Crippen LogP contribution in [0.25, 0.3) is 0 Å². The van der Waals surface area contributed by atoms with Crippen LogP contribution in [-0.4, -0.2) is 28.2 Å². The molecule has 2 aromatic rings. The number of benzene rings is 2. The van der Waals surface area contributed by atoms with Crippen LogP contribution in [0.3, 0.4) is 0 Å².